The molecule has 0 atom stereocenters. The van der Waals surface area contributed by atoms with Gasteiger partial charge in [0.15, 0.2) is 0 Å². The molecule has 2 nitrogen and oxygen atoms in total. The summed E-state index contributed by atoms with van der Waals surface area (Å²) in [6.07, 6.45) is 9.48. The van der Waals surface area contributed by atoms with Gasteiger partial charge in [-0.1, -0.05) is 12.8 Å². The zero-order chi connectivity index (χ0) is 7.66. The SMILES string of the molecule is N=CCCCCCCC=N. The van der Waals surface area contributed by atoms with E-state index in [0.29, 0.717) is 0 Å². The third-order valence-electron chi connectivity index (χ3n) is 1.45. The lowest BCUT2D eigenvalue weighted by molar-refractivity contribution is 0.670. The van der Waals surface area contributed by atoms with Gasteiger partial charge in [-0.15, -0.1) is 0 Å². The summed E-state index contributed by atoms with van der Waals surface area (Å²) in [5, 5.41) is 13.5. The van der Waals surface area contributed by atoms with E-state index >= 15 is 0 Å². The van der Waals surface area contributed by atoms with E-state index in [-0.39, 0.29) is 0 Å². The van der Waals surface area contributed by atoms with Crippen LogP contribution in [0.5, 0.6) is 0 Å². The first kappa shape index (κ1) is 9.34. The van der Waals surface area contributed by atoms with Crippen LogP contribution < -0.4 is 0 Å². The van der Waals surface area contributed by atoms with Gasteiger partial charge in [0.25, 0.3) is 0 Å². The molecule has 0 unspecified atom stereocenters. The number of hydrogen-bond acceptors (Lipinski definition) is 2. The maximum absolute atomic E-state index is 6.76. The maximum Gasteiger partial charge on any atom is -0.00477 e. The maximum atomic E-state index is 6.76. The molecule has 0 aromatic heterocycles. The lowest BCUT2D eigenvalue weighted by Crippen LogP contribution is -1.80. The van der Waals surface area contributed by atoms with E-state index in [4.69, 9.17) is 10.8 Å². The van der Waals surface area contributed by atoms with E-state index in [1.807, 2.05) is 0 Å². The van der Waals surface area contributed by atoms with Crippen LogP contribution in [-0.2, 0) is 0 Å². The van der Waals surface area contributed by atoms with Crippen molar-refractivity contribution in [1.82, 2.24) is 0 Å². The smallest absolute Gasteiger partial charge is 0.00477 e. The molecule has 0 fully saturated rings. The van der Waals surface area contributed by atoms with Gasteiger partial charge in [-0.05, 0) is 38.1 Å². The Morgan fingerprint density at radius 3 is 1.40 bits per heavy atom. The number of unbranched alkanes of at least 4 members (excludes halogenated alkanes) is 5. The molecule has 0 rings (SSSR count). The van der Waals surface area contributed by atoms with Crippen LogP contribution in [0.15, 0.2) is 0 Å². The van der Waals surface area contributed by atoms with E-state index in [1.165, 1.54) is 25.3 Å². The second kappa shape index (κ2) is 8.34. The minimum Gasteiger partial charge on any atom is -0.313 e. The van der Waals surface area contributed by atoms with Gasteiger partial charge < -0.3 is 10.8 Å². The highest BCUT2D eigenvalue weighted by Crippen LogP contribution is 2.02. The summed E-state index contributed by atoms with van der Waals surface area (Å²) < 4.78 is 0. The summed E-state index contributed by atoms with van der Waals surface area (Å²) in [6, 6.07) is 0. The first-order valence-corrected chi connectivity index (χ1v) is 3.89. The van der Waals surface area contributed by atoms with Gasteiger partial charge in [-0.3, -0.25) is 0 Å². The van der Waals surface area contributed by atoms with E-state index in [9.17, 15) is 0 Å². The van der Waals surface area contributed by atoms with Gasteiger partial charge in [0.05, 0.1) is 0 Å². The predicted octanol–water partition coefficient (Wildman–Crippen LogP) is 2.63. The van der Waals surface area contributed by atoms with Crippen molar-refractivity contribution < 1.29 is 0 Å². The van der Waals surface area contributed by atoms with Crippen LogP contribution in [0.25, 0.3) is 0 Å². The van der Waals surface area contributed by atoms with Gasteiger partial charge in [0.1, 0.15) is 0 Å². The van der Waals surface area contributed by atoms with Crippen molar-refractivity contribution in [2.24, 2.45) is 0 Å². The first-order chi connectivity index (χ1) is 4.91. The molecule has 0 spiro atoms. The summed E-state index contributed by atoms with van der Waals surface area (Å²) in [6.45, 7) is 0. The summed E-state index contributed by atoms with van der Waals surface area (Å²) in [7, 11) is 0. The Morgan fingerprint density at radius 2 is 1.10 bits per heavy atom. The van der Waals surface area contributed by atoms with Crippen molar-refractivity contribution in [2.75, 3.05) is 0 Å². The van der Waals surface area contributed by atoms with Crippen LogP contribution in [-0.4, -0.2) is 12.4 Å². The minimum atomic E-state index is 0.921. The molecule has 0 aromatic carbocycles. The number of nitrogens with one attached hydrogen (secondary N) is 2. The lowest BCUT2D eigenvalue weighted by atomic mass is 10.1. The highest BCUT2D eigenvalue weighted by atomic mass is 14.3. The molecule has 0 saturated heterocycles. The van der Waals surface area contributed by atoms with Gasteiger partial charge in [-0.2, -0.15) is 0 Å². The highest BCUT2D eigenvalue weighted by Gasteiger charge is 1.86. The minimum absolute atomic E-state index is 0.921. The highest BCUT2D eigenvalue weighted by molar-refractivity contribution is 5.52. The second-order valence-corrected chi connectivity index (χ2v) is 2.40. The molecule has 0 aliphatic heterocycles. The zero-order valence-electron chi connectivity index (χ0n) is 6.40. The molecule has 0 saturated carbocycles. The molecule has 0 aliphatic rings. The van der Waals surface area contributed by atoms with Crippen molar-refractivity contribution in [3.63, 3.8) is 0 Å². The van der Waals surface area contributed by atoms with Crippen LogP contribution in [0.4, 0.5) is 0 Å². The monoisotopic (exact) mass is 140 g/mol. The Kier molecular flexibility index (Phi) is 7.79. The van der Waals surface area contributed by atoms with Crippen LogP contribution in [0.2, 0.25) is 0 Å². The quantitative estimate of drug-likeness (QED) is 0.403. The molecular formula is C8H16N2. The molecule has 2 N–H and O–H groups in total. The van der Waals surface area contributed by atoms with Crippen LogP contribution in [0.1, 0.15) is 38.5 Å². The average Bonchev–Trinajstić information content (AvgIpc) is 1.97. The normalized spacial score (nSPS) is 9.20. The Morgan fingerprint density at radius 1 is 0.700 bits per heavy atom. The summed E-state index contributed by atoms with van der Waals surface area (Å²) >= 11 is 0. The fourth-order valence-corrected chi connectivity index (χ4v) is 0.846. The largest absolute Gasteiger partial charge is 0.313 e. The van der Waals surface area contributed by atoms with Crippen LogP contribution >= 0.6 is 0 Å². The molecule has 0 bridgehead atoms. The Balaban J connectivity index is 2.76. The summed E-state index contributed by atoms with van der Waals surface area (Å²) in [4.78, 5) is 0. The van der Waals surface area contributed by atoms with Gasteiger partial charge in [0.2, 0.25) is 0 Å². The number of rotatable bonds is 7. The second-order valence-electron chi connectivity index (χ2n) is 2.40. The van der Waals surface area contributed by atoms with E-state index in [2.05, 4.69) is 0 Å². The third kappa shape index (κ3) is 7.34. The zero-order valence-corrected chi connectivity index (χ0v) is 6.40. The Bertz CT molecular complexity index is 77.3. The molecule has 0 aromatic rings. The molecule has 0 amide bonds. The van der Waals surface area contributed by atoms with Crippen molar-refractivity contribution in [3.8, 4) is 0 Å². The van der Waals surface area contributed by atoms with Crippen molar-refractivity contribution in [1.29, 1.82) is 10.8 Å². The molecule has 10 heavy (non-hydrogen) atoms. The van der Waals surface area contributed by atoms with E-state index in [1.54, 1.807) is 0 Å². The molecule has 0 radical (unpaired) electrons. The lowest BCUT2D eigenvalue weighted by Gasteiger charge is -1.94. The molecule has 58 valence electrons. The first-order valence-electron chi connectivity index (χ1n) is 3.89. The fraction of sp³-hybridized carbons (Fsp3) is 0.750. The topological polar surface area (TPSA) is 47.7 Å². The van der Waals surface area contributed by atoms with Gasteiger partial charge >= 0.3 is 0 Å². The molecule has 2 heteroatoms. The van der Waals surface area contributed by atoms with Crippen LogP contribution in [0, 0.1) is 10.8 Å². The van der Waals surface area contributed by atoms with Crippen molar-refractivity contribution >= 4 is 12.4 Å². The third-order valence-corrected chi connectivity index (χ3v) is 1.45. The fourth-order valence-electron chi connectivity index (χ4n) is 0.846. The molecule has 0 heterocycles. The van der Waals surface area contributed by atoms with E-state index < -0.39 is 0 Å². The Labute approximate surface area is 62.7 Å². The van der Waals surface area contributed by atoms with Crippen molar-refractivity contribution in [2.45, 2.75) is 38.5 Å². The summed E-state index contributed by atoms with van der Waals surface area (Å²) in [5.41, 5.74) is 0. The average molecular weight is 140 g/mol. The van der Waals surface area contributed by atoms with Gasteiger partial charge in [0, 0.05) is 0 Å². The molecular weight excluding hydrogens is 124 g/mol. The number of hydrogen-bond donors (Lipinski definition) is 2. The van der Waals surface area contributed by atoms with Crippen molar-refractivity contribution in [3.05, 3.63) is 0 Å². The standard InChI is InChI=1S/C8H16N2/c9-7-5-3-1-2-4-6-8-10/h7-10H,1-6H2. The van der Waals surface area contributed by atoms with Gasteiger partial charge in [-0.25, -0.2) is 0 Å². The molecule has 0 aliphatic carbocycles. The summed E-state index contributed by atoms with van der Waals surface area (Å²) in [5.74, 6) is 0. The Hall–Kier alpha value is -0.660. The predicted molar refractivity (Wildman–Crippen MR) is 45.3 cm³/mol. The van der Waals surface area contributed by atoms with E-state index in [0.717, 1.165) is 25.7 Å². The van der Waals surface area contributed by atoms with Crippen LogP contribution in [0.3, 0.4) is 0 Å².